The van der Waals surface area contributed by atoms with Crippen LogP contribution in [0.5, 0.6) is 5.75 Å². The third-order valence-corrected chi connectivity index (χ3v) is 8.35. The fourth-order valence-corrected chi connectivity index (χ4v) is 2.32. The van der Waals surface area contributed by atoms with Crippen molar-refractivity contribution in [2.24, 2.45) is 0 Å². The average Bonchev–Trinajstić information content (AvgIpc) is 2.29. The molecule has 0 bridgehead atoms. The molecule has 0 unspecified atom stereocenters. The summed E-state index contributed by atoms with van der Waals surface area (Å²) in [6, 6.07) is 0. The molecule has 0 atom stereocenters. The monoisotopic (exact) mass is 281 g/mol. The highest BCUT2D eigenvalue weighted by Crippen LogP contribution is 2.37. The van der Waals surface area contributed by atoms with E-state index in [0.717, 1.165) is 0 Å². The third kappa shape index (κ3) is 3.42. The Morgan fingerprint density at radius 1 is 1.42 bits per heavy atom. The largest absolute Gasteiger partial charge is 0.505 e. The van der Waals surface area contributed by atoms with Crippen molar-refractivity contribution in [1.29, 1.82) is 0 Å². The molecule has 1 aromatic rings. The van der Waals surface area contributed by atoms with Crippen molar-refractivity contribution in [1.82, 2.24) is 4.98 Å². The molecule has 0 aliphatic carbocycles. The average molecular weight is 281 g/mol. The quantitative estimate of drug-likeness (QED) is 0.678. The minimum atomic E-state index is -1.88. The maximum absolute atomic E-state index is 11.1. The molecule has 1 aromatic heterocycles. The van der Waals surface area contributed by atoms with E-state index in [1.807, 2.05) is 0 Å². The Bertz CT molecular complexity index is 478. The van der Waals surface area contributed by atoms with Gasteiger partial charge in [0.05, 0.1) is 17.9 Å². The SMILES string of the molecule is Cc1ncc(CO[Si](C)(C)C(C)(C)C)c(C=O)c1O. The van der Waals surface area contributed by atoms with E-state index in [1.54, 1.807) is 13.1 Å². The van der Waals surface area contributed by atoms with Gasteiger partial charge in [0.1, 0.15) is 5.75 Å². The topological polar surface area (TPSA) is 59.4 Å². The number of rotatable bonds is 4. The van der Waals surface area contributed by atoms with E-state index in [0.29, 0.717) is 24.2 Å². The van der Waals surface area contributed by atoms with E-state index < -0.39 is 8.32 Å². The smallest absolute Gasteiger partial charge is 0.192 e. The molecule has 1 N–H and O–H groups in total. The van der Waals surface area contributed by atoms with Gasteiger partial charge in [-0.25, -0.2) is 0 Å². The van der Waals surface area contributed by atoms with E-state index in [-0.39, 0.29) is 16.4 Å². The van der Waals surface area contributed by atoms with Crippen LogP contribution >= 0.6 is 0 Å². The van der Waals surface area contributed by atoms with Gasteiger partial charge in [-0.1, -0.05) is 20.8 Å². The number of carbonyl (C=O) groups excluding carboxylic acids is 1. The van der Waals surface area contributed by atoms with Gasteiger partial charge in [0, 0.05) is 11.8 Å². The number of hydrogen-bond acceptors (Lipinski definition) is 4. The van der Waals surface area contributed by atoms with E-state index in [4.69, 9.17) is 4.43 Å². The minimum Gasteiger partial charge on any atom is -0.505 e. The lowest BCUT2D eigenvalue weighted by molar-refractivity contribution is 0.111. The summed E-state index contributed by atoms with van der Waals surface area (Å²) in [6.07, 6.45) is 2.26. The first-order chi connectivity index (χ1) is 8.60. The Labute approximate surface area is 116 Å². The van der Waals surface area contributed by atoms with Crippen molar-refractivity contribution in [2.45, 2.75) is 52.4 Å². The van der Waals surface area contributed by atoms with Gasteiger partial charge >= 0.3 is 0 Å². The molecule has 0 saturated heterocycles. The Morgan fingerprint density at radius 3 is 2.47 bits per heavy atom. The fourth-order valence-electron chi connectivity index (χ4n) is 1.37. The Balaban J connectivity index is 2.96. The van der Waals surface area contributed by atoms with Crippen LogP contribution in [-0.2, 0) is 11.0 Å². The first-order valence-corrected chi connectivity index (χ1v) is 9.27. The number of aromatic nitrogens is 1. The number of aryl methyl sites for hydroxylation is 1. The molecule has 0 aliphatic heterocycles. The fraction of sp³-hybridized carbons (Fsp3) is 0.571. The summed E-state index contributed by atoms with van der Waals surface area (Å²) in [5.41, 5.74) is 1.38. The summed E-state index contributed by atoms with van der Waals surface area (Å²) in [5.74, 6) is -0.0497. The summed E-state index contributed by atoms with van der Waals surface area (Å²) in [6.45, 7) is 12.7. The van der Waals surface area contributed by atoms with Gasteiger partial charge in [-0.3, -0.25) is 9.78 Å². The molecule has 106 valence electrons. The summed E-state index contributed by atoms with van der Waals surface area (Å²) >= 11 is 0. The van der Waals surface area contributed by atoms with Crippen molar-refractivity contribution in [2.75, 3.05) is 0 Å². The number of hydrogen-bond donors (Lipinski definition) is 1. The molecule has 0 fully saturated rings. The summed E-state index contributed by atoms with van der Waals surface area (Å²) in [5, 5.41) is 9.94. The summed E-state index contributed by atoms with van der Waals surface area (Å²) < 4.78 is 6.05. The van der Waals surface area contributed by atoms with Crippen LogP contribution in [0, 0.1) is 6.92 Å². The van der Waals surface area contributed by atoms with E-state index in [9.17, 15) is 9.90 Å². The van der Waals surface area contributed by atoms with Crippen LogP contribution in [0.1, 0.15) is 42.4 Å². The van der Waals surface area contributed by atoms with Gasteiger partial charge in [0.2, 0.25) is 0 Å². The molecule has 1 heterocycles. The lowest BCUT2D eigenvalue weighted by Crippen LogP contribution is -2.40. The number of aldehydes is 1. The number of carbonyl (C=O) groups is 1. The number of nitrogens with zero attached hydrogens (tertiary/aromatic N) is 1. The van der Waals surface area contributed by atoms with E-state index in [1.165, 1.54) is 0 Å². The van der Waals surface area contributed by atoms with Crippen molar-refractivity contribution >= 4 is 14.6 Å². The maximum atomic E-state index is 11.1. The Hall–Kier alpha value is -1.20. The van der Waals surface area contributed by atoms with Crippen LogP contribution in [-0.4, -0.2) is 24.7 Å². The first kappa shape index (κ1) is 15.9. The van der Waals surface area contributed by atoms with Crippen LogP contribution in [0.15, 0.2) is 6.20 Å². The van der Waals surface area contributed by atoms with E-state index >= 15 is 0 Å². The Kier molecular flexibility index (Phi) is 4.53. The molecule has 0 aromatic carbocycles. The zero-order valence-electron chi connectivity index (χ0n) is 12.6. The molecular formula is C14H23NO3Si. The highest BCUT2D eigenvalue weighted by atomic mass is 28.4. The molecule has 0 radical (unpaired) electrons. The van der Waals surface area contributed by atoms with Gasteiger partial charge in [0.15, 0.2) is 14.6 Å². The second-order valence-electron chi connectivity index (χ2n) is 6.30. The molecule has 4 nitrogen and oxygen atoms in total. The Morgan fingerprint density at radius 2 is 2.00 bits per heavy atom. The predicted octanol–water partition coefficient (Wildman–Crippen LogP) is 3.43. The van der Waals surface area contributed by atoms with Crippen LogP contribution in [0.4, 0.5) is 0 Å². The summed E-state index contributed by atoms with van der Waals surface area (Å²) in [4.78, 5) is 15.2. The molecule has 0 amide bonds. The van der Waals surface area contributed by atoms with Gasteiger partial charge in [-0.05, 0) is 25.1 Å². The van der Waals surface area contributed by atoms with E-state index in [2.05, 4.69) is 38.8 Å². The standard InChI is InChI=1S/C14H23NO3Si/c1-10-13(17)12(8-16)11(7-15-10)9-18-19(5,6)14(2,3)4/h7-8,17H,9H2,1-6H3. The lowest BCUT2D eigenvalue weighted by Gasteiger charge is -2.36. The van der Waals surface area contributed by atoms with Gasteiger partial charge in [0.25, 0.3) is 0 Å². The maximum Gasteiger partial charge on any atom is 0.192 e. The predicted molar refractivity (Wildman–Crippen MR) is 78.0 cm³/mol. The van der Waals surface area contributed by atoms with Crippen molar-refractivity contribution in [3.05, 3.63) is 23.0 Å². The van der Waals surface area contributed by atoms with Crippen molar-refractivity contribution < 1.29 is 14.3 Å². The molecule has 1 rings (SSSR count). The van der Waals surface area contributed by atoms with Crippen molar-refractivity contribution in [3.63, 3.8) is 0 Å². The second-order valence-corrected chi connectivity index (χ2v) is 11.1. The molecule has 0 saturated carbocycles. The molecular weight excluding hydrogens is 258 g/mol. The molecule has 0 aliphatic rings. The zero-order chi connectivity index (χ0) is 14.8. The summed E-state index contributed by atoms with van der Waals surface area (Å²) in [7, 11) is -1.88. The first-order valence-electron chi connectivity index (χ1n) is 6.36. The van der Waals surface area contributed by atoms with Crippen LogP contribution < -0.4 is 0 Å². The van der Waals surface area contributed by atoms with Gasteiger partial charge in [-0.15, -0.1) is 0 Å². The van der Waals surface area contributed by atoms with Crippen LogP contribution in [0.2, 0.25) is 18.1 Å². The molecule has 5 heteroatoms. The van der Waals surface area contributed by atoms with Crippen molar-refractivity contribution in [3.8, 4) is 5.75 Å². The van der Waals surface area contributed by atoms with Crippen LogP contribution in [0.3, 0.4) is 0 Å². The molecule has 19 heavy (non-hydrogen) atoms. The number of aromatic hydroxyl groups is 1. The van der Waals surface area contributed by atoms with Gasteiger partial charge < -0.3 is 9.53 Å². The number of pyridine rings is 1. The normalized spacial score (nSPS) is 12.5. The third-order valence-electron chi connectivity index (χ3n) is 3.87. The van der Waals surface area contributed by atoms with Gasteiger partial charge in [-0.2, -0.15) is 0 Å². The second kappa shape index (κ2) is 5.42. The highest BCUT2D eigenvalue weighted by molar-refractivity contribution is 6.74. The van der Waals surface area contributed by atoms with Crippen LogP contribution in [0.25, 0.3) is 0 Å². The minimum absolute atomic E-state index is 0.0497. The molecule has 0 spiro atoms. The highest BCUT2D eigenvalue weighted by Gasteiger charge is 2.37. The lowest BCUT2D eigenvalue weighted by atomic mass is 10.1. The zero-order valence-corrected chi connectivity index (χ0v) is 13.6.